The van der Waals surface area contributed by atoms with Gasteiger partial charge < -0.3 is 4.98 Å². The molecule has 0 saturated carbocycles. The molecule has 0 saturated heterocycles. The summed E-state index contributed by atoms with van der Waals surface area (Å²) in [5.74, 6) is 0.783. The Bertz CT molecular complexity index is 3090. The fourth-order valence-corrected chi connectivity index (χ4v) is 8.98. The lowest BCUT2D eigenvalue weighted by atomic mass is 10.1. The third kappa shape index (κ3) is 4.54. The Balaban J connectivity index is 1.56. The highest BCUT2D eigenvalue weighted by atomic mass is 35.5. The van der Waals surface area contributed by atoms with Crippen LogP contribution in [0.4, 0.5) is 0 Å². The highest BCUT2D eigenvalue weighted by Gasteiger charge is 2.31. The van der Waals surface area contributed by atoms with Crippen LogP contribution in [-0.2, 0) is 20.2 Å². The van der Waals surface area contributed by atoms with Gasteiger partial charge >= 0.3 is 0 Å². The van der Waals surface area contributed by atoms with Gasteiger partial charge in [-0.2, -0.15) is 16.8 Å². The molecule has 14 nitrogen and oxygen atoms in total. The molecule has 0 aliphatic carbocycles. The SMILES string of the molecule is O=S(=O)(O)c1cc2c3nc4nc(nc5c6ccccc6c(nc6nc(nc([nH]3)c2c(Cl)c1S(=O)(=O)O)-c1ccccc1-6)n5Cl)-c1ccccc1-4. The van der Waals surface area contributed by atoms with Crippen LogP contribution in [0.15, 0.2) is 88.7 Å². The van der Waals surface area contributed by atoms with Crippen LogP contribution in [0.25, 0.3) is 89.7 Å². The lowest BCUT2D eigenvalue weighted by Crippen LogP contribution is -2.09. The molecule has 0 radical (unpaired) electrons. The molecule has 8 bridgehead atoms. The minimum atomic E-state index is -5.31. The molecule has 0 fully saturated rings. The molecule has 3 aromatic heterocycles. The third-order valence-corrected chi connectivity index (χ3v) is 11.1. The summed E-state index contributed by atoms with van der Waals surface area (Å²) in [7, 11) is -10.6. The summed E-state index contributed by atoms with van der Waals surface area (Å²) < 4.78 is 71.4. The monoisotopic (exact) mass is 742 g/mol. The first-order valence-corrected chi connectivity index (χ1v) is 18.1. The first kappa shape index (κ1) is 30.7. The van der Waals surface area contributed by atoms with Crippen molar-refractivity contribution < 1.29 is 25.9 Å². The molecule has 0 amide bonds. The summed E-state index contributed by atoms with van der Waals surface area (Å²) >= 11 is 13.6. The number of halogens is 2. The number of nitrogens with zero attached hydrogens (tertiary/aromatic N) is 7. The predicted molar refractivity (Wildman–Crippen MR) is 186 cm³/mol. The van der Waals surface area contributed by atoms with Crippen molar-refractivity contribution in [1.29, 1.82) is 0 Å². The van der Waals surface area contributed by atoms with Crippen molar-refractivity contribution in [2.45, 2.75) is 9.79 Å². The normalized spacial score (nSPS) is 12.7. The van der Waals surface area contributed by atoms with Crippen LogP contribution in [0.1, 0.15) is 0 Å². The Morgan fingerprint density at radius 1 is 0.580 bits per heavy atom. The fraction of sp³-hybridized carbons (Fsp3) is 0. The van der Waals surface area contributed by atoms with Gasteiger partial charge in [-0.05, 0) is 6.07 Å². The Kier molecular flexibility index (Phi) is 6.49. The van der Waals surface area contributed by atoms with Crippen molar-refractivity contribution in [3.05, 3.63) is 83.9 Å². The van der Waals surface area contributed by atoms with Crippen LogP contribution >= 0.6 is 23.4 Å². The van der Waals surface area contributed by atoms with E-state index in [4.69, 9.17) is 53.3 Å². The van der Waals surface area contributed by atoms with Crippen LogP contribution in [0.5, 0.6) is 0 Å². The summed E-state index contributed by atoms with van der Waals surface area (Å²) in [6.07, 6.45) is 0. The highest BCUT2D eigenvalue weighted by molar-refractivity contribution is 7.89. The average Bonchev–Trinajstić information content (AvgIpc) is 3.78. The molecule has 246 valence electrons. The van der Waals surface area contributed by atoms with Crippen molar-refractivity contribution in [1.82, 2.24) is 39.0 Å². The third-order valence-electron chi connectivity index (χ3n) is 8.33. The van der Waals surface area contributed by atoms with Gasteiger partial charge in [0.05, 0.1) is 5.02 Å². The number of nitrogens with one attached hydrogen (secondary N) is 1. The number of hydrogen-bond donors (Lipinski definition) is 3. The second-order valence-electron chi connectivity index (χ2n) is 11.2. The van der Waals surface area contributed by atoms with E-state index in [-0.39, 0.29) is 45.4 Å². The molecule has 0 atom stereocenters. The Labute approximate surface area is 290 Å². The maximum absolute atomic E-state index is 12.5. The van der Waals surface area contributed by atoms with E-state index in [9.17, 15) is 25.9 Å². The molecule has 7 aromatic rings. The molecular weight excluding hydrogens is 727 g/mol. The summed E-state index contributed by atoms with van der Waals surface area (Å²) in [6.45, 7) is 0. The van der Waals surface area contributed by atoms with E-state index in [0.29, 0.717) is 44.3 Å². The average molecular weight is 744 g/mol. The molecule has 9 rings (SSSR count). The van der Waals surface area contributed by atoms with Gasteiger partial charge in [-0.3, -0.25) is 9.11 Å². The lowest BCUT2D eigenvalue weighted by molar-refractivity contribution is 0.467. The zero-order valence-corrected chi connectivity index (χ0v) is 27.9. The van der Waals surface area contributed by atoms with E-state index < -0.39 is 35.0 Å². The standard InChI is InChI=1S/C32H16Cl2N8O6S2/c33-23-22-20(13-21(49(43,44)45)24(23)50(46,47)48)29-37-25-14-7-1-3-9-16(14)27(35-25)40-31-18-11-5-6-12-19(18)32(42(31)34)41-28-17-10-4-2-8-15(17)26(36-28)38-30(22)39-29/h1-13H,(H,43,44,45)(H,46,47,48)(H,35,36,37,38,39,40,41). The highest BCUT2D eigenvalue weighted by Crippen LogP contribution is 2.41. The molecule has 2 aliphatic rings. The molecule has 50 heavy (non-hydrogen) atoms. The smallest absolute Gasteiger partial charge is 0.297 e. The van der Waals surface area contributed by atoms with Gasteiger partial charge in [0.1, 0.15) is 21.1 Å². The Morgan fingerprint density at radius 3 is 1.48 bits per heavy atom. The van der Waals surface area contributed by atoms with Crippen molar-refractivity contribution in [2.24, 2.45) is 0 Å². The van der Waals surface area contributed by atoms with E-state index in [0.717, 1.165) is 6.07 Å². The second kappa shape index (κ2) is 10.6. The second-order valence-corrected chi connectivity index (χ2v) is 14.7. The molecule has 4 aromatic carbocycles. The van der Waals surface area contributed by atoms with Crippen LogP contribution < -0.4 is 0 Å². The van der Waals surface area contributed by atoms with Gasteiger partial charge in [0, 0.05) is 55.6 Å². The van der Waals surface area contributed by atoms with Crippen molar-refractivity contribution >= 4 is 87.7 Å². The van der Waals surface area contributed by atoms with Crippen molar-refractivity contribution in [3.63, 3.8) is 0 Å². The first-order valence-electron chi connectivity index (χ1n) is 14.5. The fourth-order valence-electron chi connectivity index (χ4n) is 6.21. The molecule has 18 heteroatoms. The summed E-state index contributed by atoms with van der Waals surface area (Å²) in [4.78, 5) is 29.2. The number of hydrogen-bond acceptors (Lipinski definition) is 10. The topological polar surface area (TPSA) is 207 Å². The van der Waals surface area contributed by atoms with Crippen molar-refractivity contribution in [3.8, 4) is 45.6 Å². The number of rotatable bonds is 2. The van der Waals surface area contributed by atoms with Gasteiger partial charge in [-0.1, -0.05) is 84.4 Å². The molecule has 3 N–H and O–H groups in total. The number of benzene rings is 4. The van der Waals surface area contributed by atoms with E-state index in [2.05, 4.69) is 4.98 Å². The summed E-state index contributed by atoms with van der Waals surface area (Å²) in [6, 6.07) is 22.5. The van der Waals surface area contributed by atoms with Crippen LogP contribution in [-0.4, -0.2) is 64.9 Å². The zero-order chi connectivity index (χ0) is 34.7. The molecule has 0 spiro atoms. The maximum atomic E-state index is 12.5. The van der Waals surface area contributed by atoms with Crippen LogP contribution in [0.2, 0.25) is 5.02 Å². The lowest BCUT2D eigenvalue weighted by Gasteiger charge is -2.08. The number of H-pyrrole nitrogens is 1. The maximum Gasteiger partial charge on any atom is 0.297 e. The van der Waals surface area contributed by atoms with Crippen LogP contribution in [0, 0.1) is 0 Å². The minimum Gasteiger partial charge on any atom is -0.324 e. The predicted octanol–water partition coefficient (Wildman–Crippen LogP) is 6.49. The van der Waals surface area contributed by atoms with Gasteiger partial charge in [-0.25, -0.2) is 34.0 Å². The summed E-state index contributed by atoms with van der Waals surface area (Å²) in [5, 5.41) is 0.455. The van der Waals surface area contributed by atoms with E-state index in [1.165, 1.54) is 4.09 Å². The van der Waals surface area contributed by atoms with Gasteiger partial charge in [0.15, 0.2) is 34.6 Å². The molecule has 0 unspecified atom stereocenters. The quantitative estimate of drug-likeness (QED) is 0.162. The van der Waals surface area contributed by atoms with Crippen LogP contribution in [0.3, 0.4) is 0 Å². The molecule has 2 aliphatic heterocycles. The first-order chi connectivity index (χ1) is 23.9. The van der Waals surface area contributed by atoms with Gasteiger partial charge in [0.2, 0.25) is 0 Å². The van der Waals surface area contributed by atoms with E-state index in [1.807, 2.05) is 24.3 Å². The zero-order valence-electron chi connectivity index (χ0n) is 24.7. The minimum absolute atomic E-state index is 0.0523. The van der Waals surface area contributed by atoms with E-state index >= 15 is 0 Å². The molecular formula is C32H16Cl2N8O6S2. The van der Waals surface area contributed by atoms with Crippen molar-refractivity contribution in [2.75, 3.05) is 0 Å². The van der Waals surface area contributed by atoms with E-state index in [1.54, 1.807) is 48.5 Å². The number of aromatic amines is 1. The number of fused-ring (bicyclic) bond motifs is 20. The molecule has 5 heterocycles. The Hall–Kier alpha value is -5.36. The summed E-state index contributed by atoms with van der Waals surface area (Å²) in [5.41, 5.74) is 2.86. The largest absolute Gasteiger partial charge is 0.324 e. The van der Waals surface area contributed by atoms with Gasteiger partial charge in [-0.15, -0.1) is 0 Å². The van der Waals surface area contributed by atoms with Gasteiger partial charge in [0.25, 0.3) is 20.2 Å². The Morgan fingerprint density at radius 2 is 1.02 bits per heavy atom. The number of aromatic nitrogens is 8.